The molecule has 2 aromatic rings. The molecule has 5 rings (SSSR count). The van der Waals surface area contributed by atoms with Crippen LogP contribution in [0.5, 0.6) is 11.5 Å². The van der Waals surface area contributed by atoms with E-state index in [0.29, 0.717) is 17.1 Å². The molecule has 0 bridgehead atoms. The molecule has 7 heteroatoms. The van der Waals surface area contributed by atoms with Gasteiger partial charge in [0.15, 0.2) is 0 Å². The third kappa shape index (κ3) is 5.47. The van der Waals surface area contributed by atoms with E-state index in [1.54, 1.807) is 7.11 Å². The third-order valence-electron chi connectivity index (χ3n) is 8.35. The van der Waals surface area contributed by atoms with E-state index in [9.17, 15) is 0 Å². The molecule has 3 aliphatic rings. The first kappa shape index (κ1) is 25.7. The number of hydrogen-bond donors (Lipinski definition) is 0. The fraction of sp³-hybridized carbons (Fsp3) is 0.586. The van der Waals surface area contributed by atoms with Crippen LogP contribution in [0.15, 0.2) is 30.3 Å². The Balaban J connectivity index is 1.25. The second-order valence-electron chi connectivity index (χ2n) is 10.3. The van der Waals surface area contributed by atoms with E-state index in [0.717, 1.165) is 70.6 Å². The van der Waals surface area contributed by atoms with Crippen LogP contribution in [0, 0.1) is 13.8 Å². The average Bonchev–Trinajstić information content (AvgIpc) is 2.91. The Morgan fingerprint density at radius 1 is 0.972 bits per heavy atom. The lowest BCUT2D eigenvalue weighted by Crippen LogP contribution is -2.56. The zero-order valence-electron chi connectivity index (χ0n) is 22.0. The number of morpholine rings is 1. The highest BCUT2D eigenvalue weighted by Gasteiger charge is 2.36. The molecule has 0 saturated carbocycles. The molecule has 3 saturated heterocycles. The molecule has 1 unspecified atom stereocenters. The van der Waals surface area contributed by atoms with Gasteiger partial charge in [0, 0.05) is 63.1 Å². The largest absolute Gasteiger partial charge is 0.495 e. The van der Waals surface area contributed by atoms with Crippen molar-refractivity contribution in [3.63, 3.8) is 0 Å². The summed E-state index contributed by atoms with van der Waals surface area (Å²) in [6, 6.07) is 11.7. The fourth-order valence-corrected chi connectivity index (χ4v) is 6.30. The highest BCUT2D eigenvalue weighted by atomic mass is 35.5. The molecule has 0 spiro atoms. The van der Waals surface area contributed by atoms with Gasteiger partial charge in [-0.3, -0.25) is 9.80 Å². The van der Waals surface area contributed by atoms with Crippen molar-refractivity contribution >= 4 is 17.3 Å². The number of piperazine rings is 1. The van der Waals surface area contributed by atoms with Crippen molar-refractivity contribution in [3.8, 4) is 11.5 Å². The van der Waals surface area contributed by atoms with Crippen molar-refractivity contribution < 1.29 is 14.2 Å². The minimum Gasteiger partial charge on any atom is -0.495 e. The van der Waals surface area contributed by atoms with Gasteiger partial charge in [0.1, 0.15) is 18.1 Å². The molecule has 0 N–H and O–H groups in total. The minimum absolute atomic E-state index is 0.478. The van der Waals surface area contributed by atoms with Gasteiger partial charge >= 0.3 is 0 Å². The van der Waals surface area contributed by atoms with E-state index in [2.05, 4.69) is 52.8 Å². The molecule has 0 aromatic heterocycles. The number of benzene rings is 2. The van der Waals surface area contributed by atoms with E-state index in [-0.39, 0.29) is 0 Å². The summed E-state index contributed by atoms with van der Waals surface area (Å²) >= 11 is 6.27. The third-order valence-corrected chi connectivity index (χ3v) is 8.66. The van der Waals surface area contributed by atoms with Gasteiger partial charge in [-0.1, -0.05) is 17.7 Å². The molecule has 0 aliphatic carbocycles. The maximum atomic E-state index is 6.27. The van der Waals surface area contributed by atoms with Gasteiger partial charge in [-0.15, -0.1) is 0 Å². The van der Waals surface area contributed by atoms with Gasteiger partial charge in [0.25, 0.3) is 0 Å². The van der Waals surface area contributed by atoms with E-state index in [4.69, 9.17) is 25.8 Å². The summed E-state index contributed by atoms with van der Waals surface area (Å²) < 4.78 is 17.1. The molecule has 2 aromatic carbocycles. The van der Waals surface area contributed by atoms with Crippen LogP contribution in [-0.4, -0.2) is 82.0 Å². The molecule has 6 nitrogen and oxygen atoms in total. The van der Waals surface area contributed by atoms with Crippen LogP contribution in [-0.2, 0) is 4.74 Å². The van der Waals surface area contributed by atoms with Crippen molar-refractivity contribution in [1.29, 1.82) is 0 Å². The summed E-state index contributed by atoms with van der Waals surface area (Å²) in [6.45, 7) is 13.0. The lowest BCUT2D eigenvalue weighted by atomic mass is 9.86. The highest BCUT2D eigenvalue weighted by Crippen LogP contribution is 2.40. The van der Waals surface area contributed by atoms with E-state index in [1.165, 1.54) is 41.6 Å². The summed E-state index contributed by atoms with van der Waals surface area (Å²) in [4.78, 5) is 7.67. The van der Waals surface area contributed by atoms with Gasteiger partial charge in [-0.25, -0.2) is 0 Å². The number of rotatable bonds is 7. The van der Waals surface area contributed by atoms with E-state index >= 15 is 0 Å². The monoisotopic (exact) mass is 513 g/mol. The predicted molar refractivity (Wildman–Crippen MR) is 146 cm³/mol. The zero-order valence-corrected chi connectivity index (χ0v) is 22.7. The van der Waals surface area contributed by atoms with Crippen LogP contribution >= 0.6 is 11.6 Å². The second kappa shape index (κ2) is 11.6. The molecule has 0 amide bonds. The smallest absolute Gasteiger partial charge is 0.139 e. The second-order valence-corrected chi connectivity index (χ2v) is 10.7. The maximum absolute atomic E-state index is 6.27. The number of piperidine rings is 1. The van der Waals surface area contributed by atoms with Gasteiger partial charge in [-0.2, -0.15) is 0 Å². The quantitative estimate of drug-likeness (QED) is 0.513. The summed E-state index contributed by atoms with van der Waals surface area (Å²) in [7, 11) is 1.68. The van der Waals surface area contributed by atoms with E-state index < -0.39 is 0 Å². The van der Waals surface area contributed by atoms with Gasteiger partial charge in [-0.05, 0) is 68.0 Å². The van der Waals surface area contributed by atoms with Crippen LogP contribution < -0.4 is 14.4 Å². The summed E-state index contributed by atoms with van der Waals surface area (Å²) in [5.41, 5.74) is 5.33. The molecule has 2 atom stereocenters. The van der Waals surface area contributed by atoms with Gasteiger partial charge in [0.05, 0.1) is 25.3 Å². The lowest BCUT2D eigenvalue weighted by molar-refractivity contribution is 0.0322. The van der Waals surface area contributed by atoms with Crippen LogP contribution in [0.4, 0.5) is 5.69 Å². The van der Waals surface area contributed by atoms with Crippen molar-refractivity contribution in [3.05, 3.63) is 52.0 Å². The predicted octanol–water partition coefficient (Wildman–Crippen LogP) is 5.09. The average molecular weight is 514 g/mol. The summed E-state index contributed by atoms with van der Waals surface area (Å²) in [5.74, 6) is 1.77. The molecule has 0 radical (unpaired) electrons. The summed E-state index contributed by atoms with van der Waals surface area (Å²) in [6.07, 6.45) is 3.74. The number of methoxy groups -OCH3 is 1. The zero-order chi connectivity index (χ0) is 25.1. The molecule has 3 fully saturated rings. The lowest BCUT2D eigenvalue weighted by Gasteiger charge is -2.49. The van der Waals surface area contributed by atoms with Crippen LogP contribution in [0.3, 0.4) is 0 Å². The van der Waals surface area contributed by atoms with Gasteiger partial charge in [0.2, 0.25) is 0 Å². The van der Waals surface area contributed by atoms with Crippen molar-refractivity contribution in [1.82, 2.24) is 9.80 Å². The van der Waals surface area contributed by atoms with Crippen LogP contribution in [0.2, 0.25) is 5.02 Å². The number of anilines is 1. The number of ether oxygens (including phenoxy) is 3. The summed E-state index contributed by atoms with van der Waals surface area (Å²) in [5, 5.41) is 0.664. The Labute approximate surface area is 221 Å². The highest BCUT2D eigenvalue weighted by molar-refractivity contribution is 6.32. The van der Waals surface area contributed by atoms with Crippen LogP contribution in [0.1, 0.15) is 42.0 Å². The number of halogens is 1. The topological polar surface area (TPSA) is 37.4 Å². The van der Waals surface area contributed by atoms with Gasteiger partial charge < -0.3 is 19.1 Å². The molecule has 196 valence electrons. The first-order chi connectivity index (χ1) is 17.5. The Morgan fingerprint density at radius 2 is 1.81 bits per heavy atom. The van der Waals surface area contributed by atoms with Crippen molar-refractivity contribution in [2.45, 2.75) is 45.2 Å². The first-order valence-corrected chi connectivity index (χ1v) is 13.8. The van der Waals surface area contributed by atoms with Crippen molar-refractivity contribution in [2.24, 2.45) is 0 Å². The van der Waals surface area contributed by atoms with E-state index in [1.807, 2.05) is 6.07 Å². The molecule has 36 heavy (non-hydrogen) atoms. The maximum Gasteiger partial charge on any atom is 0.139 e. The molecular weight excluding hydrogens is 474 g/mol. The SMILES string of the molecule is COc1cc(N2CCN3C(CCC[C@@H]3c3ccc(OCCN4CCOCC4)c(C)c3C)C2)ccc1Cl. The molecular formula is C29H40ClN3O3. The van der Waals surface area contributed by atoms with Crippen molar-refractivity contribution in [2.75, 3.05) is 71.1 Å². The number of fused-ring (bicyclic) bond motifs is 1. The Hall–Kier alpha value is -1.99. The molecule has 3 aliphatic heterocycles. The standard InChI is InChI=1S/C29H40ClN3O3/c1-21-22(2)28(36-18-15-31-13-16-35-17-14-31)10-8-25(21)27-6-4-5-24-20-32(11-12-33(24)27)23-7-9-26(30)29(19-23)34-3/h7-10,19,24,27H,4-6,11-18,20H2,1-3H3/t24?,27-/m1/s1. The Bertz CT molecular complexity index is 1040. The fourth-order valence-electron chi connectivity index (χ4n) is 6.11. The number of nitrogens with zero attached hydrogens (tertiary/aromatic N) is 3. The normalized spacial score (nSPS) is 23.4. The Morgan fingerprint density at radius 3 is 2.61 bits per heavy atom. The molecule has 3 heterocycles. The number of hydrogen-bond acceptors (Lipinski definition) is 6. The Kier molecular flexibility index (Phi) is 8.26. The first-order valence-electron chi connectivity index (χ1n) is 13.4. The van der Waals surface area contributed by atoms with Crippen LogP contribution in [0.25, 0.3) is 0 Å². The minimum atomic E-state index is 0.478.